The van der Waals surface area contributed by atoms with Crippen molar-refractivity contribution in [3.8, 4) is 16.9 Å². The molecule has 2 heterocycles. The van der Waals surface area contributed by atoms with Gasteiger partial charge in [0.2, 0.25) is 5.69 Å². The summed E-state index contributed by atoms with van der Waals surface area (Å²) in [6.07, 6.45) is 6.08. The minimum atomic E-state index is 0.0567. The number of pyridine rings is 1. The fourth-order valence-electron chi connectivity index (χ4n) is 3.82. The van der Waals surface area contributed by atoms with Crippen molar-refractivity contribution < 1.29 is 4.57 Å². The highest BCUT2D eigenvalue weighted by Crippen LogP contribution is 2.33. The molecule has 142 valence electrons. The molecule has 0 radical (unpaired) electrons. The van der Waals surface area contributed by atoms with Crippen LogP contribution in [0.2, 0.25) is 0 Å². The summed E-state index contributed by atoms with van der Waals surface area (Å²) < 4.78 is 4.42. The molecule has 3 nitrogen and oxygen atoms in total. The molecule has 0 aliphatic rings. The summed E-state index contributed by atoms with van der Waals surface area (Å²) in [5, 5.41) is 2.52. The van der Waals surface area contributed by atoms with Crippen molar-refractivity contribution in [2.45, 2.75) is 40.0 Å². The average molecular weight is 371 g/mol. The molecule has 0 bridgehead atoms. The summed E-state index contributed by atoms with van der Waals surface area (Å²) in [5.74, 6) is 0. The first-order valence-corrected chi connectivity index (χ1v) is 9.79. The van der Waals surface area contributed by atoms with E-state index < -0.39 is 0 Å². The fraction of sp³-hybridized carbons (Fsp3) is 0.280. The van der Waals surface area contributed by atoms with Crippen molar-refractivity contribution in [2.75, 3.05) is 0 Å². The van der Waals surface area contributed by atoms with E-state index in [4.69, 9.17) is 0 Å². The molecule has 0 aliphatic heterocycles. The van der Waals surface area contributed by atoms with E-state index in [0.717, 1.165) is 5.69 Å². The van der Waals surface area contributed by atoms with Gasteiger partial charge in [-0.1, -0.05) is 39.0 Å². The molecule has 0 saturated carbocycles. The number of nitrogens with zero attached hydrogens (tertiary/aromatic N) is 3. The first-order valence-electron chi connectivity index (χ1n) is 9.79. The normalized spacial score (nSPS) is 11.9. The van der Waals surface area contributed by atoms with E-state index in [1.165, 1.54) is 38.8 Å². The molecule has 0 amide bonds. The summed E-state index contributed by atoms with van der Waals surface area (Å²) >= 11 is 0. The number of rotatable bonds is 2. The first kappa shape index (κ1) is 18.4. The van der Waals surface area contributed by atoms with Crippen molar-refractivity contribution in [1.29, 1.82) is 0 Å². The van der Waals surface area contributed by atoms with Crippen molar-refractivity contribution in [3.63, 3.8) is 0 Å². The summed E-state index contributed by atoms with van der Waals surface area (Å²) in [5.41, 5.74) is 7.48. The van der Waals surface area contributed by atoms with Crippen LogP contribution in [0.5, 0.6) is 0 Å². The van der Waals surface area contributed by atoms with Crippen LogP contribution in [0.4, 0.5) is 0 Å². The van der Waals surface area contributed by atoms with Crippen LogP contribution in [0.1, 0.15) is 37.6 Å². The van der Waals surface area contributed by atoms with E-state index in [9.17, 15) is 0 Å². The van der Waals surface area contributed by atoms with Gasteiger partial charge in [0.25, 0.3) is 0 Å². The Morgan fingerprint density at radius 1 is 0.964 bits per heavy atom. The molecule has 3 heteroatoms. The van der Waals surface area contributed by atoms with E-state index in [2.05, 4.69) is 104 Å². The monoisotopic (exact) mass is 370 g/mol. The fourth-order valence-corrected chi connectivity index (χ4v) is 3.82. The van der Waals surface area contributed by atoms with Gasteiger partial charge in [0.1, 0.15) is 0 Å². The van der Waals surface area contributed by atoms with Gasteiger partial charge in [0.05, 0.1) is 18.2 Å². The lowest BCUT2D eigenvalue weighted by Crippen LogP contribution is -2.35. The lowest BCUT2D eigenvalue weighted by Gasteiger charge is -2.22. The number of imidazole rings is 1. The highest BCUT2D eigenvalue weighted by atomic mass is 15.0. The van der Waals surface area contributed by atoms with E-state index in [1.807, 2.05) is 12.5 Å². The summed E-state index contributed by atoms with van der Waals surface area (Å²) in [4.78, 5) is 4.35. The number of hydrogen-bond acceptors (Lipinski definition) is 1. The van der Waals surface area contributed by atoms with Gasteiger partial charge >= 0.3 is 0 Å². The summed E-state index contributed by atoms with van der Waals surface area (Å²) in [7, 11) is 2.06. The van der Waals surface area contributed by atoms with Crippen LogP contribution < -0.4 is 4.57 Å². The Balaban J connectivity index is 2.04. The minimum Gasteiger partial charge on any atom is -0.334 e. The predicted molar refractivity (Wildman–Crippen MR) is 116 cm³/mol. The topological polar surface area (TPSA) is 21.7 Å². The van der Waals surface area contributed by atoms with Crippen LogP contribution in [-0.2, 0) is 12.5 Å². The van der Waals surface area contributed by atoms with Gasteiger partial charge in [-0.05, 0) is 35.4 Å². The molecule has 2 aromatic carbocycles. The Labute approximate surface area is 167 Å². The number of benzene rings is 2. The first-order chi connectivity index (χ1) is 13.3. The number of aryl methyl sites for hydroxylation is 2. The number of aromatic nitrogens is 3. The van der Waals surface area contributed by atoms with Crippen molar-refractivity contribution in [2.24, 2.45) is 7.05 Å². The lowest BCUT2D eigenvalue weighted by atomic mass is 9.84. The molecular formula is C25H28N3+. The zero-order valence-corrected chi connectivity index (χ0v) is 17.6. The largest absolute Gasteiger partial charge is 0.334 e. The molecule has 0 spiro atoms. The molecule has 2 aromatic heterocycles. The highest BCUT2D eigenvalue weighted by molar-refractivity contribution is 5.81. The van der Waals surface area contributed by atoms with Crippen LogP contribution in [0.3, 0.4) is 0 Å². The smallest absolute Gasteiger partial charge is 0.214 e. The zero-order valence-electron chi connectivity index (χ0n) is 17.6. The summed E-state index contributed by atoms with van der Waals surface area (Å²) in [6, 6.07) is 15.5. The molecule has 28 heavy (non-hydrogen) atoms. The van der Waals surface area contributed by atoms with Gasteiger partial charge in [-0.15, -0.1) is 0 Å². The van der Waals surface area contributed by atoms with Gasteiger partial charge in [-0.3, -0.25) is 0 Å². The maximum atomic E-state index is 4.35. The van der Waals surface area contributed by atoms with Gasteiger partial charge in [-0.2, -0.15) is 4.57 Å². The Hall–Kier alpha value is -2.94. The predicted octanol–water partition coefficient (Wildman–Crippen LogP) is 5.43. The highest BCUT2D eigenvalue weighted by Gasteiger charge is 2.24. The van der Waals surface area contributed by atoms with Crippen LogP contribution in [-0.4, -0.2) is 9.55 Å². The molecule has 0 atom stereocenters. The van der Waals surface area contributed by atoms with Crippen LogP contribution in [0.25, 0.3) is 27.7 Å². The van der Waals surface area contributed by atoms with Crippen molar-refractivity contribution in [1.82, 2.24) is 9.55 Å². The molecular weight excluding hydrogens is 342 g/mol. The second kappa shape index (κ2) is 6.59. The van der Waals surface area contributed by atoms with Crippen molar-refractivity contribution >= 4 is 10.8 Å². The molecule has 0 unspecified atom stereocenters. The maximum absolute atomic E-state index is 4.35. The SMILES string of the molecule is Cc1c(-c2cncn2C)cc(C(C)(C)C)cc1-[n+]1cc2ccccc2cc1C. The van der Waals surface area contributed by atoms with E-state index in [0.29, 0.717) is 0 Å². The minimum absolute atomic E-state index is 0.0567. The van der Waals surface area contributed by atoms with Crippen LogP contribution >= 0.6 is 0 Å². The van der Waals surface area contributed by atoms with Gasteiger partial charge in [0.15, 0.2) is 11.9 Å². The molecule has 0 N–H and O–H groups in total. The van der Waals surface area contributed by atoms with Gasteiger partial charge in [-0.25, -0.2) is 4.98 Å². The second-order valence-corrected chi connectivity index (χ2v) is 8.72. The van der Waals surface area contributed by atoms with E-state index in [-0.39, 0.29) is 5.41 Å². The van der Waals surface area contributed by atoms with E-state index >= 15 is 0 Å². The van der Waals surface area contributed by atoms with Gasteiger partial charge < -0.3 is 4.57 Å². The standard InChI is InChI=1S/C25H28N3/c1-17-11-19-9-7-8-10-20(19)15-28(17)23-13-21(25(3,4)5)12-22(18(23)2)24-14-26-16-27(24)6/h7-16H,1-6H3/q+1. The number of hydrogen-bond donors (Lipinski definition) is 0. The van der Waals surface area contributed by atoms with Crippen LogP contribution in [0.15, 0.2) is 61.2 Å². The molecule has 4 rings (SSSR count). The third-order valence-electron chi connectivity index (χ3n) is 5.61. The third kappa shape index (κ3) is 3.11. The Morgan fingerprint density at radius 2 is 1.68 bits per heavy atom. The quantitative estimate of drug-likeness (QED) is 0.431. The Morgan fingerprint density at radius 3 is 2.32 bits per heavy atom. The van der Waals surface area contributed by atoms with Crippen LogP contribution in [0, 0.1) is 13.8 Å². The molecule has 0 fully saturated rings. The third-order valence-corrected chi connectivity index (χ3v) is 5.61. The maximum Gasteiger partial charge on any atom is 0.214 e. The molecule has 0 saturated heterocycles. The van der Waals surface area contributed by atoms with Gasteiger partial charge in [0, 0.05) is 42.6 Å². The zero-order chi connectivity index (χ0) is 20.1. The Bertz CT molecular complexity index is 1180. The lowest BCUT2D eigenvalue weighted by molar-refractivity contribution is -0.601. The van der Waals surface area contributed by atoms with Crippen molar-refractivity contribution in [3.05, 3.63) is 78.0 Å². The molecule has 4 aromatic rings. The average Bonchev–Trinajstić information content (AvgIpc) is 3.06. The molecule has 0 aliphatic carbocycles. The summed E-state index contributed by atoms with van der Waals surface area (Å²) in [6.45, 7) is 11.2. The Kier molecular flexibility index (Phi) is 4.34. The van der Waals surface area contributed by atoms with E-state index in [1.54, 1.807) is 0 Å². The number of fused-ring (bicyclic) bond motifs is 1. The second-order valence-electron chi connectivity index (χ2n) is 8.72.